The van der Waals surface area contributed by atoms with Gasteiger partial charge in [-0.3, -0.25) is 9.80 Å². The summed E-state index contributed by atoms with van der Waals surface area (Å²) in [6.07, 6.45) is 11.7. The summed E-state index contributed by atoms with van der Waals surface area (Å²) in [4.78, 5) is 13.2. The van der Waals surface area contributed by atoms with Crippen molar-refractivity contribution in [3.8, 4) is 0 Å². The Kier molecular flexibility index (Phi) is 6.97. The van der Waals surface area contributed by atoms with Crippen LogP contribution in [0.3, 0.4) is 0 Å². The zero-order valence-electron chi connectivity index (χ0n) is 19.9. The highest BCUT2D eigenvalue weighted by Crippen LogP contribution is 2.64. The van der Waals surface area contributed by atoms with Crippen LogP contribution in [0.5, 0.6) is 0 Å². The third-order valence-electron chi connectivity index (χ3n) is 9.94. The summed E-state index contributed by atoms with van der Waals surface area (Å²) in [6, 6.07) is 0. The van der Waals surface area contributed by atoms with Crippen molar-refractivity contribution in [3.63, 3.8) is 0 Å². The number of ether oxygens (including phenoxy) is 1. The molecule has 0 aromatic heterocycles. The van der Waals surface area contributed by atoms with Gasteiger partial charge < -0.3 is 10.6 Å². The van der Waals surface area contributed by atoms with Gasteiger partial charge in [0.05, 0.1) is 6.54 Å². The molecule has 31 heavy (non-hydrogen) atoms. The van der Waals surface area contributed by atoms with Crippen LogP contribution >= 0.6 is 0 Å². The first-order valence-corrected chi connectivity index (χ1v) is 12.8. The minimum Gasteiger partial charge on any atom is -0.381 e. The second-order valence-corrected chi connectivity index (χ2v) is 11.2. The molecule has 0 spiro atoms. The first-order valence-electron chi connectivity index (χ1n) is 12.8. The van der Waals surface area contributed by atoms with Crippen molar-refractivity contribution in [2.45, 2.75) is 78.6 Å². The van der Waals surface area contributed by atoms with Gasteiger partial charge in [0, 0.05) is 19.1 Å². The van der Waals surface area contributed by atoms with Crippen LogP contribution in [0.25, 0.3) is 0 Å². The first-order chi connectivity index (χ1) is 14.9. The monoisotopic (exact) mass is 432 g/mol. The minimum atomic E-state index is 0.134. The number of hydrazine groups is 1. The molecular formula is C25H44N4O2. The number of Topliss-reactive ketones (excluding diaryl/α,β-unsaturated/α-hetero) is 1. The predicted octanol–water partition coefficient (Wildman–Crippen LogP) is 3.94. The third-order valence-corrected chi connectivity index (χ3v) is 9.94. The van der Waals surface area contributed by atoms with E-state index in [4.69, 9.17) is 16.4 Å². The second kappa shape index (κ2) is 9.38. The normalized spacial score (nSPS) is 42.5. The molecule has 4 fully saturated rings. The van der Waals surface area contributed by atoms with Crippen molar-refractivity contribution in [1.82, 2.24) is 5.01 Å². The molecule has 0 saturated heterocycles. The molecule has 0 aromatic carbocycles. The molecule has 0 aromatic rings. The number of nitrogens with two attached hydrogens (primary N) is 2. The van der Waals surface area contributed by atoms with Crippen LogP contribution in [0, 0.1) is 46.8 Å². The summed E-state index contributed by atoms with van der Waals surface area (Å²) in [5, 5.41) is 5.05. The topological polar surface area (TPSA) is 93.9 Å². The van der Waals surface area contributed by atoms with Gasteiger partial charge in [-0.15, -0.1) is 0 Å². The Morgan fingerprint density at radius 3 is 2.61 bits per heavy atom. The molecule has 0 aliphatic heterocycles. The van der Waals surface area contributed by atoms with E-state index in [0.717, 1.165) is 49.2 Å². The van der Waals surface area contributed by atoms with E-state index < -0.39 is 0 Å². The van der Waals surface area contributed by atoms with Gasteiger partial charge in [-0.2, -0.15) is 5.10 Å². The summed E-state index contributed by atoms with van der Waals surface area (Å²) in [6.45, 7) is 8.30. The summed E-state index contributed by atoms with van der Waals surface area (Å²) < 4.78 is 5.75. The zero-order valence-corrected chi connectivity index (χ0v) is 19.9. The number of ketones is 1. The van der Waals surface area contributed by atoms with Gasteiger partial charge in [0.15, 0.2) is 5.78 Å². The molecule has 4 aliphatic carbocycles. The third kappa shape index (κ3) is 4.27. The maximum atomic E-state index is 13.2. The van der Waals surface area contributed by atoms with Crippen molar-refractivity contribution in [1.29, 1.82) is 0 Å². The number of rotatable bonds is 6. The Hall–Kier alpha value is -1.14. The standard InChI is InChI=1S/C25H44N4O2/c1-4-31-15-17-5-7-19-18(13-17)6-8-21-20(19)11-12-25(3)22(21)9-10-23(25)24(30)14-29(27)16(2)28-26/h17-23H,4-15,26-27H2,1-3H3/b28-16-. The molecule has 0 amide bonds. The molecule has 0 bridgehead atoms. The van der Waals surface area contributed by atoms with Crippen LogP contribution in [0.1, 0.15) is 78.6 Å². The van der Waals surface area contributed by atoms with Gasteiger partial charge in [-0.25, -0.2) is 5.84 Å². The summed E-state index contributed by atoms with van der Waals surface area (Å²) in [5.41, 5.74) is 0.145. The molecule has 8 unspecified atom stereocenters. The van der Waals surface area contributed by atoms with Gasteiger partial charge in [-0.05, 0) is 113 Å². The molecule has 4 aliphatic rings. The van der Waals surface area contributed by atoms with Crippen molar-refractivity contribution in [2.24, 2.45) is 63.6 Å². The van der Waals surface area contributed by atoms with E-state index in [-0.39, 0.29) is 23.7 Å². The van der Waals surface area contributed by atoms with E-state index in [1.807, 2.05) is 0 Å². The van der Waals surface area contributed by atoms with Crippen LogP contribution in [-0.2, 0) is 9.53 Å². The predicted molar refractivity (Wildman–Crippen MR) is 124 cm³/mol. The molecular weight excluding hydrogens is 388 g/mol. The van der Waals surface area contributed by atoms with Crippen LogP contribution in [-0.4, -0.2) is 36.4 Å². The lowest BCUT2D eigenvalue weighted by atomic mass is 9.49. The Bertz CT molecular complexity index is 682. The molecule has 176 valence electrons. The van der Waals surface area contributed by atoms with Crippen molar-refractivity contribution in [2.75, 3.05) is 19.8 Å². The van der Waals surface area contributed by atoms with E-state index >= 15 is 0 Å². The molecule has 4 saturated carbocycles. The van der Waals surface area contributed by atoms with E-state index in [1.165, 1.54) is 56.4 Å². The number of fused-ring (bicyclic) bond motifs is 5. The highest BCUT2D eigenvalue weighted by molar-refractivity contribution is 5.89. The van der Waals surface area contributed by atoms with E-state index in [2.05, 4.69) is 18.9 Å². The lowest BCUT2D eigenvalue weighted by molar-refractivity contribution is -0.131. The Balaban J connectivity index is 1.41. The van der Waals surface area contributed by atoms with Crippen molar-refractivity contribution >= 4 is 11.6 Å². The smallest absolute Gasteiger partial charge is 0.157 e. The van der Waals surface area contributed by atoms with Crippen molar-refractivity contribution in [3.05, 3.63) is 0 Å². The Labute approximate surface area is 188 Å². The molecule has 0 heterocycles. The summed E-state index contributed by atoms with van der Waals surface area (Å²) in [5.74, 6) is 17.3. The average Bonchev–Trinajstić information content (AvgIpc) is 3.13. The van der Waals surface area contributed by atoms with Gasteiger partial charge in [0.25, 0.3) is 0 Å². The number of carbonyl (C=O) groups is 1. The average molecular weight is 433 g/mol. The number of nitrogens with zero attached hydrogens (tertiary/aromatic N) is 2. The lowest BCUT2D eigenvalue weighted by Crippen LogP contribution is -2.50. The van der Waals surface area contributed by atoms with Crippen molar-refractivity contribution < 1.29 is 9.53 Å². The van der Waals surface area contributed by atoms with Crippen LogP contribution in [0.15, 0.2) is 5.10 Å². The van der Waals surface area contributed by atoms with Gasteiger partial charge in [0.2, 0.25) is 0 Å². The fourth-order valence-electron chi connectivity index (χ4n) is 8.38. The summed E-state index contributed by atoms with van der Waals surface area (Å²) in [7, 11) is 0. The summed E-state index contributed by atoms with van der Waals surface area (Å²) >= 11 is 0. The van der Waals surface area contributed by atoms with Gasteiger partial charge >= 0.3 is 0 Å². The van der Waals surface area contributed by atoms with Crippen LogP contribution in [0.2, 0.25) is 0 Å². The van der Waals surface area contributed by atoms with Crippen LogP contribution < -0.4 is 11.7 Å². The Morgan fingerprint density at radius 1 is 1.10 bits per heavy atom. The van der Waals surface area contributed by atoms with Gasteiger partial charge in [0.1, 0.15) is 5.84 Å². The molecule has 8 atom stereocenters. The fourth-order valence-corrected chi connectivity index (χ4v) is 8.38. The molecule has 0 radical (unpaired) electrons. The highest BCUT2D eigenvalue weighted by atomic mass is 16.5. The molecule has 4 rings (SSSR count). The maximum absolute atomic E-state index is 13.2. The van der Waals surface area contributed by atoms with E-state index in [9.17, 15) is 4.79 Å². The highest BCUT2D eigenvalue weighted by Gasteiger charge is 2.58. The van der Waals surface area contributed by atoms with Gasteiger partial charge in [-0.1, -0.05) is 6.92 Å². The number of hydrogen-bond acceptors (Lipinski definition) is 5. The number of hydrazone groups is 1. The zero-order chi connectivity index (χ0) is 22.2. The maximum Gasteiger partial charge on any atom is 0.157 e. The number of hydrogen-bond donors (Lipinski definition) is 2. The van der Waals surface area contributed by atoms with Crippen LogP contribution in [0.4, 0.5) is 0 Å². The SMILES string of the molecule is CCOCC1CCC2C(CCC3C2CCC2(C)C(C(=O)CN(N)/C(C)=N\N)CCC32)C1. The molecule has 6 nitrogen and oxygen atoms in total. The number of amidine groups is 1. The minimum absolute atomic E-state index is 0.134. The largest absolute Gasteiger partial charge is 0.381 e. The molecule has 6 heteroatoms. The Morgan fingerprint density at radius 2 is 1.87 bits per heavy atom. The van der Waals surface area contributed by atoms with E-state index in [1.54, 1.807) is 6.92 Å². The number of carbonyl (C=O) groups excluding carboxylic acids is 1. The lowest BCUT2D eigenvalue weighted by Gasteiger charge is -2.56. The first kappa shape index (κ1) is 23.0. The fraction of sp³-hybridized carbons (Fsp3) is 0.920. The molecule has 4 N–H and O–H groups in total. The second-order valence-electron chi connectivity index (χ2n) is 11.2. The quantitative estimate of drug-likeness (QED) is 0.287. The van der Waals surface area contributed by atoms with E-state index in [0.29, 0.717) is 11.8 Å².